The van der Waals surface area contributed by atoms with Crippen LogP contribution in [-0.2, 0) is 0 Å². The molecular weight excluding hydrogens is 213 g/mol. The van der Waals surface area contributed by atoms with Crippen LogP contribution in [0.1, 0.15) is 0 Å². The van der Waals surface area contributed by atoms with Gasteiger partial charge in [-0.15, -0.1) is 0 Å². The van der Waals surface area contributed by atoms with E-state index in [1.807, 2.05) is 5.32 Å². The van der Waals surface area contributed by atoms with Crippen molar-refractivity contribution >= 4 is 11.8 Å². The molecule has 0 fully saturated rings. The van der Waals surface area contributed by atoms with E-state index in [9.17, 15) is 13.2 Å². The van der Waals surface area contributed by atoms with Gasteiger partial charge in [-0.25, -0.2) is 18.2 Å². The molecule has 0 atom stereocenters. The molecule has 0 aliphatic heterocycles. The fraction of sp³-hybridized carbons (Fsp3) is 0.429. The van der Waals surface area contributed by atoms with Crippen molar-refractivity contribution < 1.29 is 18.3 Å². The summed E-state index contributed by atoms with van der Waals surface area (Å²) in [5.74, 6) is -4.88. The van der Waals surface area contributed by atoms with E-state index >= 15 is 0 Å². The molecule has 0 aromatic carbocycles. The Morgan fingerprint density at radius 3 is 2.80 bits per heavy atom. The lowest BCUT2D eigenvalue weighted by Gasteiger charge is -2.14. The van der Waals surface area contributed by atoms with E-state index in [2.05, 4.69) is 9.97 Å². The number of halogens is 3. The summed E-state index contributed by atoms with van der Waals surface area (Å²) in [7, 11) is 0. The molecule has 4 N–H and O–H groups in total. The zero-order valence-corrected chi connectivity index (χ0v) is 7.54. The van der Waals surface area contributed by atoms with Gasteiger partial charge in [0.05, 0.1) is 12.7 Å². The van der Waals surface area contributed by atoms with Crippen LogP contribution in [0.2, 0.25) is 0 Å². The SMILES string of the molecule is Nc1ncc(F)c(NCC(F)(F)CO)n1. The van der Waals surface area contributed by atoms with Crippen LogP contribution in [-0.4, -0.2) is 34.1 Å². The van der Waals surface area contributed by atoms with Crippen LogP contribution >= 0.6 is 0 Å². The number of nitrogen functional groups attached to an aromatic ring is 1. The van der Waals surface area contributed by atoms with Gasteiger partial charge < -0.3 is 16.2 Å². The van der Waals surface area contributed by atoms with Gasteiger partial charge in [-0.1, -0.05) is 0 Å². The van der Waals surface area contributed by atoms with Gasteiger partial charge in [0.1, 0.15) is 6.61 Å². The first kappa shape index (κ1) is 11.5. The summed E-state index contributed by atoms with van der Waals surface area (Å²) in [6, 6.07) is 0. The molecular formula is C7H9F3N4O. The number of nitrogens with one attached hydrogen (secondary N) is 1. The molecule has 1 aromatic heterocycles. The minimum Gasteiger partial charge on any atom is -0.390 e. The third-order valence-electron chi connectivity index (χ3n) is 1.51. The van der Waals surface area contributed by atoms with Gasteiger partial charge in [0.25, 0.3) is 5.92 Å². The van der Waals surface area contributed by atoms with Crippen molar-refractivity contribution in [2.45, 2.75) is 5.92 Å². The first-order valence-corrected chi connectivity index (χ1v) is 3.95. The molecule has 0 aliphatic rings. The molecule has 0 aliphatic carbocycles. The molecule has 8 heteroatoms. The molecule has 15 heavy (non-hydrogen) atoms. The monoisotopic (exact) mass is 222 g/mol. The Labute approximate surface area is 83.1 Å². The molecule has 0 saturated heterocycles. The number of hydrogen-bond donors (Lipinski definition) is 3. The minimum absolute atomic E-state index is 0.230. The van der Waals surface area contributed by atoms with Crippen LogP contribution < -0.4 is 11.1 Å². The zero-order valence-electron chi connectivity index (χ0n) is 7.54. The molecule has 0 saturated carbocycles. The first-order valence-electron chi connectivity index (χ1n) is 3.95. The Morgan fingerprint density at radius 1 is 1.53 bits per heavy atom. The Balaban J connectivity index is 2.69. The third-order valence-corrected chi connectivity index (χ3v) is 1.51. The van der Waals surface area contributed by atoms with Crippen LogP contribution in [0, 0.1) is 5.82 Å². The van der Waals surface area contributed by atoms with Crippen LogP contribution in [0.5, 0.6) is 0 Å². The van der Waals surface area contributed by atoms with Gasteiger partial charge in [-0.05, 0) is 0 Å². The van der Waals surface area contributed by atoms with Gasteiger partial charge >= 0.3 is 0 Å². The molecule has 0 unspecified atom stereocenters. The second kappa shape index (κ2) is 4.30. The van der Waals surface area contributed by atoms with Crippen LogP contribution in [0.25, 0.3) is 0 Å². The summed E-state index contributed by atoms with van der Waals surface area (Å²) in [5.41, 5.74) is 5.13. The molecule has 0 spiro atoms. The molecule has 5 nitrogen and oxygen atoms in total. The number of aliphatic hydroxyl groups is 1. The Bertz CT molecular complexity index is 347. The number of nitrogens with zero attached hydrogens (tertiary/aromatic N) is 2. The van der Waals surface area contributed by atoms with E-state index in [1.165, 1.54) is 0 Å². The molecule has 0 amide bonds. The number of hydrogen-bond acceptors (Lipinski definition) is 5. The molecule has 0 bridgehead atoms. The highest BCUT2D eigenvalue weighted by Gasteiger charge is 2.27. The smallest absolute Gasteiger partial charge is 0.287 e. The second-order valence-electron chi connectivity index (χ2n) is 2.79. The summed E-state index contributed by atoms with van der Waals surface area (Å²) in [5, 5.41) is 10.3. The third kappa shape index (κ3) is 3.24. The predicted octanol–water partition coefficient (Wildman–Crippen LogP) is 0.237. The molecule has 1 aromatic rings. The summed E-state index contributed by atoms with van der Waals surface area (Å²) >= 11 is 0. The van der Waals surface area contributed by atoms with Crippen molar-refractivity contribution in [3.05, 3.63) is 12.0 Å². The number of aromatic nitrogens is 2. The summed E-state index contributed by atoms with van der Waals surface area (Å²) in [6.07, 6.45) is 0.766. The van der Waals surface area contributed by atoms with Crippen molar-refractivity contribution in [1.29, 1.82) is 0 Å². The normalized spacial score (nSPS) is 11.5. The van der Waals surface area contributed by atoms with Crippen LogP contribution in [0.3, 0.4) is 0 Å². The standard InChI is InChI=1S/C7H9F3N4O/c8-4-1-12-6(11)14-5(4)13-2-7(9,10)3-15/h1,15H,2-3H2,(H3,11,12,13,14). The van der Waals surface area contributed by atoms with Gasteiger partial charge in [0, 0.05) is 0 Å². The number of anilines is 2. The van der Waals surface area contributed by atoms with Crippen molar-refractivity contribution in [3.8, 4) is 0 Å². The maximum atomic E-state index is 12.9. The highest BCUT2D eigenvalue weighted by molar-refractivity contribution is 5.39. The fourth-order valence-corrected chi connectivity index (χ4v) is 0.774. The van der Waals surface area contributed by atoms with Crippen molar-refractivity contribution in [2.24, 2.45) is 0 Å². The lowest BCUT2D eigenvalue weighted by atomic mass is 10.3. The first-order chi connectivity index (χ1) is 6.94. The Kier molecular flexibility index (Phi) is 3.30. The number of nitrogens with two attached hydrogens (primary N) is 1. The van der Waals surface area contributed by atoms with Crippen LogP contribution in [0.15, 0.2) is 6.20 Å². The minimum atomic E-state index is -3.34. The zero-order chi connectivity index (χ0) is 11.5. The second-order valence-corrected chi connectivity index (χ2v) is 2.79. The largest absolute Gasteiger partial charge is 0.390 e. The average molecular weight is 222 g/mol. The molecule has 84 valence electrons. The number of alkyl halides is 2. The van der Waals surface area contributed by atoms with E-state index in [1.54, 1.807) is 0 Å². The Morgan fingerprint density at radius 2 is 2.20 bits per heavy atom. The average Bonchev–Trinajstić information content (AvgIpc) is 2.20. The fourth-order valence-electron chi connectivity index (χ4n) is 0.774. The quantitative estimate of drug-likeness (QED) is 0.679. The van der Waals surface area contributed by atoms with E-state index in [0.29, 0.717) is 0 Å². The van der Waals surface area contributed by atoms with Gasteiger partial charge in [0.2, 0.25) is 5.95 Å². The number of rotatable bonds is 4. The van der Waals surface area contributed by atoms with Crippen molar-refractivity contribution in [1.82, 2.24) is 9.97 Å². The molecule has 0 radical (unpaired) electrons. The van der Waals surface area contributed by atoms with Gasteiger partial charge in [-0.3, -0.25) is 0 Å². The highest BCUT2D eigenvalue weighted by Crippen LogP contribution is 2.15. The maximum absolute atomic E-state index is 12.9. The topological polar surface area (TPSA) is 84.1 Å². The summed E-state index contributed by atoms with van der Waals surface area (Å²) in [6.45, 7) is -2.26. The van der Waals surface area contributed by atoms with E-state index < -0.39 is 30.7 Å². The number of aliphatic hydroxyl groups excluding tert-OH is 1. The van der Waals surface area contributed by atoms with Gasteiger partial charge in [-0.2, -0.15) is 4.98 Å². The highest BCUT2D eigenvalue weighted by atomic mass is 19.3. The molecule has 1 rings (SSSR count). The molecule has 1 heterocycles. The summed E-state index contributed by atoms with van der Waals surface area (Å²) < 4.78 is 38.0. The Hall–Kier alpha value is -1.57. The lowest BCUT2D eigenvalue weighted by molar-refractivity contribution is -0.0373. The lowest BCUT2D eigenvalue weighted by Crippen LogP contribution is -2.31. The van der Waals surface area contributed by atoms with E-state index in [0.717, 1.165) is 6.20 Å². The van der Waals surface area contributed by atoms with Gasteiger partial charge in [0.15, 0.2) is 11.6 Å². The maximum Gasteiger partial charge on any atom is 0.287 e. The van der Waals surface area contributed by atoms with E-state index in [4.69, 9.17) is 10.8 Å². The van der Waals surface area contributed by atoms with Crippen molar-refractivity contribution in [3.63, 3.8) is 0 Å². The van der Waals surface area contributed by atoms with E-state index in [-0.39, 0.29) is 5.95 Å². The predicted molar refractivity (Wildman–Crippen MR) is 46.9 cm³/mol. The van der Waals surface area contributed by atoms with Crippen LogP contribution in [0.4, 0.5) is 24.9 Å². The van der Waals surface area contributed by atoms with Crippen molar-refractivity contribution in [2.75, 3.05) is 24.2 Å². The summed E-state index contributed by atoms with van der Waals surface area (Å²) in [4.78, 5) is 6.69.